The first-order chi connectivity index (χ1) is 8.17. The molecule has 0 saturated carbocycles. The lowest BCUT2D eigenvalue weighted by molar-refractivity contribution is -0.146. The van der Waals surface area contributed by atoms with Crippen molar-refractivity contribution in [3.05, 3.63) is 42.5 Å². The van der Waals surface area contributed by atoms with Gasteiger partial charge in [-0.3, -0.25) is 4.79 Å². The highest BCUT2D eigenvalue weighted by Gasteiger charge is 2.13. The molecule has 4 nitrogen and oxygen atoms in total. The zero-order valence-electron chi connectivity index (χ0n) is 9.89. The van der Waals surface area contributed by atoms with Crippen LogP contribution >= 0.6 is 0 Å². The zero-order chi connectivity index (χ0) is 12.7. The summed E-state index contributed by atoms with van der Waals surface area (Å²) in [5.74, 6) is 0.307. The molecular weight excluding hydrogens is 218 g/mol. The minimum atomic E-state index is -0.641. The molecule has 1 aromatic rings. The van der Waals surface area contributed by atoms with Gasteiger partial charge in [-0.1, -0.05) is 18.2 Å². The Morgan fingerprint density at radius 1 is 1.59 bits per heavy atom. The van der Waals surface area contributed by atoms with Crippen LogP contribution < -0.4 is 10.5 Å². The lowest BCUT2D eigenvalue weighted by Gasteiger charge is -2.10. The molecular formula is C13H17NO3. The summed E-state index contributed by atoms with van der Waals surface area (Å²) in [6.45, 7) is 3.72. The van der Waals surface area contributed by atoms with Crippen LogP contribution in [-0.2, 0) is 16.1 Å². The Balaban J connectivity index is 2.49. The highest BCUT2D eigenvalue weighted by atomic mass is 16.5. The van der Waals surface area contributed by atoms with Crippen molar-refractivity contribution in [1.82, 2.24) is 0 Å². The summed E-state index contributed by atoms with van der Waals surface area (Å²) < 4.78 is 10.1. The largest absolute Gasteiger partial charge is 0.497 e. The number of ether oxygens (including phenoxy) is 2. The van der Waals surface area contributed by atoms with Crippen LogP contribution in [0.3, 0.4) is 0 Å². The van der Waals surface area contributed by atoms with Crippen LogP contribution in [0.5, 0.6) is 5.75 Å². The molecule has 17 heavy (non-hydrogen) atoms. The normalized spacial score (nSPS) is 11.6. The highest BCUT2D eigenvalue weighted by molar-refractivity contribution is 5.75. The Labute approximate surface area is 101 Å². The van der Waals surface area contributed by atoms with Gasteiger partial charge in [0.05, 0.1) is 7.11 Å². The predicted octanol–water partition coefficient (Wildman–Crippen LogP) is 1.64. The fourth-order valence-corrected chi connectivity index (χ4v) is 1.30. The monoisotopic (exact) mass is 235 g/mol. The summed E-state index contributed by atoms with van der Waals surface area (Å²) in [6.07, 6.45) is 2.01. The standard InChI is InChI=1S/C13H17NO3/c1-3-5-12(14)13(15)17-9-10-6-4-7-11(8-10)16-2/h3-4,6-8,12H,1,5,9,14H2,2H3. The van der Waals surface area contributed by atoms with Gasteiger partial charge in [-0.25, -0.2) is 0 Å². The van der Waals surface area contributed by atoms with Gasteiger partial charge in [-0.05, 0) is 24.1 Å². The minimum Gasteiger partial charge on any atom is -0.497 e. The molecule has 0 aromatic heterocycles. The van der Waals surface area contributed by atoms with Crippen LogP contribution in [0.15, 0.2) is 36.9 Å². The minimum absolute atomic E-state index is 0.195. The van der Waals surface area contributed by atoms with Crippen molar-refractivity contribution in [3.8, 4) is 5.75 Å². The second-order valence-corrected chi connectivity index (χ2v) is 3.59. The Hall–Kier alpha value is -1.81. The molecule has 0 bridgehead atoms. The van der Waals surface area contributed by atoms with Crippen molar-refractivity contribution in [2.24, 2.45) is 5.73 Å². The fourth-order valence-electron chi connectivity index (χ4n) is 1.30. The number of methoxy groups -OCH3 is 1. The van der Waals surface area contributed by atoms with Gasteiger partial charge < -0.3 is 15.2 Å². The van der Waals surface area contributed by atoms with Crippen LogP contribution in [0.4, 0.5) is 0 Å². The number of hydrogen-bond acceptors (Lipinski definition) is 4. The molecule has 0 fully saturated rings. The van der Waals surface area contributed by atoms with Crippen molar-refractivity contribution in [2.45, 2.75) is 19.1 Å². The first kappa shape index (κ1) is 13.3. The van der Waals surface area contributed by atoms with E-state index in [0.717, 1.165) is 11.3 Å². The molecule has 0 aliphatic heterocycles. The molecule has 0 amide bonds. The first-order valence-electron chi connectivity index (χ1n) is 5.33. The Morgan fingerprint density at radius 2 is 2.35 bits per heavy atom. The van der Waals surface area contributed by atoms with Crippen LogP contribution in [0, 0.1) is 0 Å². The first-order valence-corrected chi connectivity index (χ1v) is 5.33. The molecule has 0 aliphatic rings. The van der Waals surface area contributed by atoms with E-state index in [0.29, 0.717) is 6.42 Å². The van der Waals surface area contributed by atoms with Gasteiger partial charge >= 0.3 is 5.97 Å². The summed E-state index contributed by atoms with van der Waals surface area (Å²) in [5, 5.41) is 0. The number of carbonyl (C=O) groups is 1. The van der Waals surface area contributed by atoms with E-state index in [1.165, 1.54) is 0 Å². The predicted molar refractivity (Wildman–Crippen MR) is 65.6 cm³/mol. The number of hydrogen-bond donors (Lipinski definition) is 1. The van der Waals surface area contributed by atoms with Crippen LogP contribution in [0.1, 0.15) is 12.0 Å². The third-order valence-corrected chi connectivity index (χ3v) is 2.24. The second kappa shape index (κ2) is 6.70. The molecule has 0 heterocycles. The maximum Gasteiger partial charge on any atom is 0.323 e. The number of esters is 1. The number of rotatable bonds is 6. The van der Waals surface area contributed by atoms with Gasteiger partial charge in [0.1, 0.15) is 18.4 Å². The Kier molecular flexibility index (Phi) is 5.23. The van der Waals surface area contributed by atoms with Crippen molar-refractivity contribution >= 4 is 5.97 Å². The van der Waals surface area contributed by atoms with Gasteiger partial charge in [0, 0.05) is 0 Å². The lowest BCUT2D eigenvalue weighted by atomic mass is 10.2. The summed E-state index contributed by atoms with van der Waals surface area (Å²) >= 11 is 0. The van der Waals surface area contributed by atoms with Gasteiger partial charge in [0.2, 0.25) is 0 Å². The Morgan fingerprint density at radius 3 is 3.00 bits per heavy atom. The Bertz CT molecular complexity index is 390. The highest BCUT2D eigenvalue weighted by Crippen LogP contribution is 2.13. The van der Waals surface area contributed by atoms with Crippen LogP contribution in [-0.4, -0.2) is 19.1 Å². The van der Waals surface area contributed by atoms with Crippen molar-refractivity contribution in [3.63, 3.8) is 0 Å². The van der Waals surface area contributed by atoms with E-state index in [4.69, 9.17) is 15.2 Å². The molecule has 0 radical (unpaired) electrons. The topological polar surface area (TPSA) is 61.6 Å². The molecule has 92 valence electrons. The molecule has 0 spiro atoms. The van der Waals surface area contributed by atoms with E-state index in [9.17, 15) is 4.79 Å². The maximum atomic E-state index is 11.4. The summed E-state index contributed by atoms with van der Waals surface area (Å²) in [6, 6.07) is 6.69. The summed E-state index contributed by atoms with van der Waals surface area (Å²) in [7, 11) is 1.59. The van der Waals surface area contributed by atoms with E-state index in [2.05, 4.69) is 6.58 Å². The number of benzene rings is 1. The average molecular weight is 235 g/mol. The maximum absolute atomic E-state index is 11.4. The molecule has 0 saturated heterocycles. The summed E-state index contributed by atoms with van der Waals surface area (Å²) in [4.78, 5) is 11.4. The smallest absolute Gasteiger partial charge is 0.323 e. The van der Waals surface area contributed by atoms with E-state index < -0.39 is 12.0 Å². The quantitative estimate of drug-likeness (QED) is 0.601. The third kappa shape index (κ3) is 4.28. The molecule has 4 heteroatoms. The van der Waals surface area contributed by atoms with Gasteiger partial charge in [0.15, 0.2) is 0 Å². The summed E-state index contributed by atoms with van der Waals surface area (Å²) in [5.41, 5.74) is 6.44. The van der Waals surface area contributed by atoms with Crippen LogP contribution in [0.25, 0.3) is 0 Å². The zero-order valence-corrected chi connectivity index (χ0v) is 9.89. The van der Waals surface area contributed by atoms with Crippen molar-refractivity contribution in [1.29, 1.82) is 0 Å². The average Bonchev–Trinajstić information content (AvgIpc) is 2.36. The van der Waals surface area contributed by atoms with Crippen molar-refractivity contribution in [2.75, 3.05) is 7.11 Å². The molecule has 2 N–H and O–H groups in total. The second-order valence-electron chi connectivity index (χ2n) is 3.59. The van der Waals surface area contributed by atoms with Gasteiger partial charge in [-0.15, -0.1) is 6.58 Å². The molecule has 1 unspecified atom stereocenters. The van der Waals surface area contributed by atoms with E-state index in [1.807, 2.05) is 24.3 Å². The number of carbonyl (C=O) groups excluding carboxylic acids is 1. The van der Waals surface area contributed by atoms with E-state index >= 15 is 0 Å². The fraction of sp³-hybridized carbons (Fsp3) is 0.308. The molecule has 1 atom stereocenters. The molecule has 1 aromatic carbocycles. The molecule has 0 aliphatic carbocycles. The lowest BCUT2D eigenvalue weighted by Crippen LogP contribution is -2.31. The van der Waals surface area contributed by atoms with Gasteiger partial charge in [0.25, 0.3) is 0 Å². The third-order valence-electron chi connectivity index (χ3n) is 2.24. The van der Waals surface area contributed by atoms with Gasteiger partial charge in [-0.2, -0.15) is 0 Å². The SMILES string of the molecule is C=CCC(N)C(=O)OCc1cccc(OC)c1. The molecule has 1 rings (SSSR count). The van der Waals surface area contributed by atoms with E-state index in [-0.39, 0.29) is 6.61 Å². The van der Waals surface area contributed by atoms with Crippen molar-refractivity contribution < 1.29 is 14.3 Å². The van der Waals surface area contributed by atoms with Crippen LogP contribution in [0.2, 0.25) is 0 Å². The van der Waals surface area contributed by atoms with E-state index in [1.54, 1.807) is 13.2 Å². The number of nitrogens with two attached hydrogens (primary N) is 1.